The molecule has 2 aromatic carbocycles. The van der Waals surface area contributed by atoms with Gasteiger partial charge in [0, 0.05) is 47.7 Å². The number of hydrogen-bond donors (Lipinski definition) is 0. The molecule has 1 aromatic heterocycles. The summed E-state index contributed by atoms with van der Waals surface area (Å²) in [5, 5.41) is 0. The number of quaternary nitrogens is 2. The molecule has 172 valence electrons. The summed E-state index contributed by atoms with van der Waals surface area (Å²) in [5.41, 5.74) is 7.10. The van der Waals surface area contributed by atoms with Crippen molar-refractivity contribution in [1.82, 2.24) is 4.98 Å². The van der Waals surface area contributed by atoms with Gasteiger partial charge in [-0.05, 0) is 36.4 Å². The molecule has 3 heterocycles. The van der Waals surface area contributed by atoms with Crippen molar-refractivity contribution in [3.63, 3.8) is 0 Å². The van der Waals surface area contributed by atoms with E-state index < -0.39 is 0 Å². The maximum absolute atomic E-state index is 11.9. The summed E-state index contributed by atoms with van der Waals surface area (Å²) in [7, 11) is 13.2. The van der Waals surface area contributed by atoms with Crippen LogP contribution in [0.4, 0.5) is 11.4 Å². The Morgan fingerprint density at radius 2 is 1.36 bits per heavy atom. The lowest BCUT2D eigenvalue weighted by Crippen LogP contribution is -2.50. The second-order valence-corrected chi connectivity index (χ2v) is 10.9. The molecule has 5 rings (SSSR count). The highest BCUT2D eigenvalue weighted by atomic mass is 16.4. The molecular formula is C26H33N5O2+2. The molecular weight excluding hydrogens is 414 g/mol. The number of oxazole rings is 1. The molecule has 0 saturated carbocycles. The van der Waals surface area contributed by atoms with Crippen LogP contribution in [0.3, 0.4) is 0 Å². The van der Waals surface area contributed by atoms with Crippen LogP contribution in [0, 0.1) is 0 Å². The van der Waals surface area contributed by atoms with E-state index in [9.17, 15) is 4.79 Å². The van der Waals surface area contributed by atoms with Crippen molar-refractivity contribution in [1.29, 1.82) is 0 Å². The average molecular weight is 448 g/mol. The number of benzene rings is 2. The molecule has 3 aromatic rings. The van der Waals surface area contributed by atoms with Crippen molar-refractivity contribution in [3.05, 3.63) is 53.2 Å². The fourth-order valence-corrected chi connectivity index (χ4v) is 5.51. The van der Waals surface area contributed by atoms with Crippen LogP contribution in [0.25, 0.3) is 22.8 Å². The molecule has 0 amide bonds. The van der Waals surface area contributed by atoms with Gasteiger partial charge in [-0.2, -0.15) is 0 Å². The van der Waals surface area contributed by atoms with Crippen LogP contribution >= 0.6 is 0 Å². The van der Waals surface area contributed by atoms with E-state index in [-0.39, 0.29) is 0 Å². The summed E-state index contributed by atoms with van der Waals surface area (Å²) in [6, 6.07) is 12.6. The highest BCUT2D eigenvalue weighted by Crippen LogP contribution is 2.37. The Labute approximate surface area is 195 Å². The normalized spacial score (nSPS) is 18.6. The predicted octanol–water partition coefficient (Wildman–Crippen LogP) is 3.79. The van der Waals surface area contributed by atoms with Gasteiger partial charge in [-0.1, -0.05) is 0 Å². The molecule has 33 heavy (non-hydrogen) atoms. The van der Waals surface area contributed by atoms with Gasteiger partial charge in [0.1, 0.15) is 13.1 Å². The molecule has 7 heteroatoms. The average Bonchev–Trinajstić information content (AvgIpc) is 3.15. The summed E-state index contributed by atoms with van der Waals surface area (Å²) in [5.74, 6) is 1.02. The van der Waals surface area contributed by atoms with E-state index in [0.29, 0.717) is 17.3 Å². The number of aldehydes is 1. The topological polar surface area (TPSA) is 49.6 Å². The summed E-state index contributed by atoms with van der Waals surface area (Å²) in [6.45, 7) is 3.79. The third-order valence-electron chi connectivity index (χ3n) is 6.64. The predicted molar refractivity (Wildman–Crippen MR) is 131 cm³/mol. The van der Waals surface area contributed by atoms with Gasteiger partial charge in [0.15, 0.2) is 31.1 Å². The first kappa shape index (κ1) is 21.7. The maximum atomic E-state index is 11.9. The zero-order chi connectivity index (χ0) is 23.5. The van der Waals surface area contributed by atoms with Crippen molar-refractivity contribution >= 4 is 17.7 Å². The van der Waals surface area contributed by atoms with Crippen LogP contribution in [-0.4, -0.2) is 75.9 Å². The molecule has 7 nitrogen and oxygen atoms in total. The minimum atomic E-state index is 0.341. The highest BCUT2D eigenvalue weighted by molar-refractivity contribution is 5.84. The Bertz CT molecular complexity index is 1240. The Morgan fingerprint density at radius 3 is 1.91 bits per heavy atom. The molecule has 2 aliphatic heterocycles. The number of aromatic nitrogens is 1. The lowest BCUT2D eigenvalue weighted by Gasteiger charge is -2.40. The first-order valence-electron chi connectivity index (χ1n) is 11.3. The van der Waals surface area contributed by atoms with Crippen LogP contribution in [0.5, 0.6) is 0 Å². The number of hydrogen-bond acceptors (Lipinski definition) is 5. The molecule has 0 radical (unpaired) electrons. The Hall–Kier alpha value is -3.16. The molecule has 0 unspecified atom stereocenters. The van der Waals surface area contributed by atoms with Gasteiger partial charge in [0.25, 0.3) is 0 Å². The van der Waals surface area contributed by atoms with Crippen LogP contribution < -0.4 is 9.80 Å². The summed E-state index contributed by atoms with van der Waals surface area (Å²) in [4.78, 5) is 21.0. The fraction of sp³-hybridized carbons (Fsp3) is 0.385. The molecule has 0 N–H and O–H groups in total. The number of anilines is 2. The molecule has 0 fully saturated rings. The Balaban J connectivity index is 1.54. The Kier molecular flexibility index (Phi) is 4.88. The summed E-state index contributed by atoms with van der Waals surface area (Å²) in [6.07, 6.45) is 0.792. The van der Waals surface area contributed by atoms with Gasteiger partial charge < -0.3 is 23.2 Å². The third kappa shape index (κ3) is 3.92. The highest BCUT2D eigenvalue weighted by Gasteiger charge is 2.30. The number of nitrogens with zero attached hydrogens (tertiary/aromatic N) is 5. The molecule has 0 spiro atoms. The standard InChI is InChI=1S/C26H33N5O2/c1-28-16-30(3,4)13-20-11-18(7-9-23(20)28)25-22(15-32)27-26(33-25)19-8-10-24-21(12-19)14-31(5,6)17-29(24)2/h7-12,15H,13-14,16-17H2,1-6H3/q+2. The minimum absolute atomic E-state index is 0.341. The van der Waals surface area contributed by atoms with E-state index >= 15 is 0 Å². The fourth-order valence-electron chi connectivity index (χ4n) is 5.51. The zero-order valence-corrected chi connectivity index (χ0v) is 20.4. The van der Waals surface area contributed by atoms with Crippen LogP contribution in [0.1, 0.15) is 21.6 Å². The van der Waals surface area contributed by atoms with Gasteiger partial charge in [-0.15, -0.1) is 0 Å². The van der Waals surface area contributed by atoms with Gasteiger partial charge >= 0.3 is 0 Å². The van der Waals surface area contributed by atoms with Crippen molar-refractivity contribution in [2.75, 3.05) is 65.4 Å². The van der Waals surface area contributed by atoms with Crippen LogP contribution in [-0.2, 0) is 13.1 Å². The molecule has 0 aliphatic carbocycles. The third-order valence-corrected chi connectivity index (χ3v) is 6.64. The zero-order valence-electron chi connectivity index (χ0n) is 20.4. The van der Waals surface area contributed by atoms with Crippen molar-refractivity contribution in [2.45, 2.75) is 13.1 Å². The van der Waals surface area contributed by atoms with Crippen molar-refractivity contribution in [3.8, 4) is 22.8 Å². The lowest BCUT2D eigenvalue weighted by molar-refractivity contribution is -0.904. The molecule has 2 aliphatic rings. The SMILES string of the molecule is CN1C[N+](C)(C)Cc2cc(-c3nc(C=O)c(-c4ccc5c(c4)C[N+](C)(C)CN5C)o3)ccc21. The van der Waals surface area contributed by atoms with Crippen LogP contribution in [0.2, 0.25) is 0 Å². The lowest BCUT2D eigenvalue weighted by atomic mass is 10.0. The molecule has 0 saturated heterocycles. The first-order chi connectivity index (χ1) is 15.5. The number of rotatable bonds is 3. The smallest absolute Gasteiger partial charge is 0.227 e. The molecule has 0 atom stereocenters. The van der Waals surface area contributed by atoms with E-state index in [4.69, 9.17) is 4.42 Å². The largest absolute Gasteiger partial charge is 0.435 e. The van der Waals surface area contributed by atoms with Crippen molar-refractivity contribution in [2.24, 2.45) is 0 Å². The van der Waals surface area contributed by atoms with E-state index in [1.54, 1.807) is 0 Å². The van der Waals surface area contributed by atoms with E-state index in [2.05, 4.69) is 81.3 Å². The quantitative estimate of drug-likeness (QED) is 0.452. The summed E-state index contributed by atoms with van der Waals surface area (Å²) < 4.78 is 8.01. The number of carbonyl (C=O) groups excluding carboxylic acids is 1. The van der Waals surface area contributed by atoms with Crippen LogP contribution in [0.15, 0.2) is 40.8 Å². The van der Waals surface area contributed by atoms with Gasteiger partial charge in [-0.25, -0.2) is 4.98 Å². The molecule has 0 bridgehead atoms. The monoisotopic (exact) mass is 447 g/mol. The van der Waals surface area contributed by atoms with E-state index in [1.165, 1.54) is 22.5 Å². The minimum Gasteiger partial charge on any atom is -0.435 e. The Morgan fingerprint density at radius 1 is 0.848 bits per heavy atom. The second-order valence-electron chi connectivity index (χ2n) is 10.9. The number of fused-ring (bicyclic) bond motifs is 2. The van der Waals surface area contributed by atoms with Crippen molar-refractivity contribution < 1.29 is 18.2 Å². The van der Waals surface area contributed by atoms with Gasteiger partial charge in [0.05, 0.1) is 28.2 Å². The second kappa shape index (κ2) is 7.43. The van der Waals surface area contributed by atoms with Gasteiger partial charge in [-0.3, -0.25) is 4.79 Å². The maximum Gasteiger partial charge on any atom is 0.227 e. The van der Waals surface area contributed by atoms with Gasteiger partial charge in [0.2, 0.25) is 5.89 Å². The first-order valence-corrected chi connectivity index (χ1v) is 11.3. The van der Waals surface area contributed by atoms with E-state index in [0.717, 1.165) is 52.8 Å². The summed E-state index contributed by atoms with van der Waals surface area (Å²) >= 11 is 0. The van der Waals surface area contributed by atoms with E-state index in [1.807, 2.05) is 12.1 Å². The number of carbonyl (C=O) groups is 1.